The van der Waals surface area contributed by atoms with Gasteiger partial charge in [-0.25, -0.2) is 0 Å². The molecule has 0 radical (unpaired) electrons. The zero-order valence-electron chi connectivity index (χ0n) is 13.0. The van der Waals surface area contributed by atoms with E-state index in [1.165, 1.54) is 0 Å². The van der Waals surface area contributed by atoms with Gasteiger partial charge in [-0.3, -0.25) is 9.59 Å². The minimum atomic E-state index is -0.532. The molecule has 0 unspecified atom stereocenters. The van der Waals surface area contributed by atoms with Crippen molar-refractivity contribution in [3.8, 4) is 0 Å². The summed E-state index contributed by atoms with van der Waals surface area (Å²) < 4.78 is 0. The van der Waals surface area contributed by atoms with Gasteiger partial charge >= 0.3 is 0 Å². The van der Waals surface area contributed by atoms with Crippen molar-refractivity contribution in [1.29, 1.82) is 0 Å². The summed E-state index contributed by atoms with van der Waals surface area (Å²) in [7, 11) is 0. The summed E-state index contributed by atoms with van der Waals surface area (Å²) >= 11 is 0. The van der Waals surface area contributed by atoms with Crippen molar-refractivity contribution in [1.82, 2.24) is 4.90 Å². The van der Waals surface area contributed by atoms with Gasteiger partial charge in [0, 0.05) is 24.3 Å². The lowest BCUT2D eigenvalue weighted by Crippen LogP contribution is -2.39. The Kier molecular flexibility index (Phi) is 6.84. The van der Waals surface area contributed by atoms with Crippen LogP contribution in [-0.2, 0) is 4.79 Å². The molecule has 5 nitrogen and oxygen atoms in total. The van der Waals surface area contributed by atoms with Crippen LogP contribution in [0.5, 0.6) is 0 Å². The van der Waals surface area contributed by atoms with E-state index < -0.39 is 6.04 Å². The van der Waals surface area contributed by atoms with E-state index in [4.69, 9.17) is 5.73 Å². The second-order valence-electron chi connectivity index (χ2n) is 5.84. The molecule has 1 saturated heterocycles. The number of halogens is 1. The number of amides is 2. The van der Waals surface area contributed by atoms with Crippen LogP contribution in [0.3, 0.4) is 0 Å². The van der Waals surface area contributed by atoms with E-state index in [0.29, 0.717) is 11.3 Å². The molecule has 3 N–H and O–H groups in total. The summed E-state index contributed by atoms with van der Waals surface area (Å²) in [5.41, 5.74) is 7.11. The molecular weight excluding hydrogens is 302 g/mol. The van der Waals surface area contributed by atoms with Crippen molar-refractivity contribution in [3.05, 3.63) is 29.8 Å². The predicted molar refractivity (Wildman–Crippen MR) is 90.3 cm³/mol. The second-order valence-corrected chi connectivity index (χ2v) is 5.84. The maximum atomic E-state index is 12.2. The molecule has 2 rings (SSSR count). The van der Waals surface area contributed by atoms with E-state index in [1.807, 2.05) is 18.7 Å². The Morgan fingerprint density at radius 3 is 2.18 bits per heavy atom. The number of nitrogens with zero attached hydrogens (tertiary/aromatic N) is 1. The van der Waals surface area contributed by atoms with Crippen LogP contribution in [0.2, 0.25) is 0 Å². The fraction of sp³-hybridized carbons (Fsp3) is 0.500. The van der Waals surface area contributed by atoms with Crippen LogP contribution >= 0.6 is 12.4 Å². The normalized spacial score (nSPS) is 15.4. The topological polar surface area (TPSA) is 75.4 Å². The molecule has 0 aliphatic carbocycles. The molecule has 122 valence electrons. The van der Waals surface area contributed by atoms with Gasteiger partial charge in [-0.1, -0.05) is 13.8 Å². The zero-order valence-corrected chi connectivity index (χ0v) is 13.9. The minimum absolute atomic E-state index is 0. The number of hydrogen-bond donors (Lipinski definition) is 2. The number of likely N-dealkylation sites (tertiary alicyclic amines) is 1. The lowest BCUT2D eigenvalue weighted by Gasteiger charge is -2.17. The highest BCUT2D eigenvalue weighted by Crippen LogP contribution is 2.15. The second kappa shape index (κ2) is 8.15. The average molecular weight is 326 g/mol. The van der Waals surface area contributed by atoms with E-state index in [1.54, 1.807) is 24.3 Å². The molecule has 1 fully saturated rings. The smallest absolute Gasteiger partial charge is 0.253 e. The van der Waals surface area contributed by atoms with Gasteiger partial charge in [-0.15, -0.1) is 12.4 Å². The fourth-order valence-corrected chi connectivity index (χ4v) is 2.33. The van der Waals surface area contributed by atoms with Gasteiger partial charge in [0.1, 0.15) is 0 Å². The number of benzene rings is 1. The van der Waals surface area contributed by atoms with Crippen molar-refractivity contribution >= 4 is 29.9 Å². The van der Waals surface area contributed by atoms with Crippen LogP contribution in [0.25, 0.3) is 0 Å². The molecule has 1 aromatic carbocycles. The Morgan fingerprint density at radius 1 is 1.14 bits per heavy atom. The van der Waals surface area contributed by atoms with Crippen LogP contribution in [0.1, 0.15) is 37.0 Å². The maximum absolute atomic E-state index is 12.2. The summed E-state index contributed by atoms with van der Waals surface area (Å²) in [5.74, 6) is -0.0612. The molecular formula is C16H24ClN3O2. The van der Waals surface area contributed by atoms with E-state index in [9.17, 15) is 9.59 Å². The van der Waals surface area contributed by atoms with Gasteiger partial charge in [0.25, 0.3) is 5.91 Å². The molecule has 0 bridgehead atoms. The molecule has 6 heteroatoms. The Bertz CT molecular complexity index is 511. The number of nitrogens with one attached hydrogen (secondary N) is 1. The molecule has 1 aromatic rings. The van der Waals surface area contributed by atoms with Gasteiger partial charge in [0.05, 0.1) is 6.04 Å². The number of carbonyl (C=O) groups excluding carboxylic acids is 2. The van der Waals surface area contributed by atoms with Gasteiger partial charge in [0.15, 0.2) is 0 Å². The summed E-state index contributed by atoms with van der Waals surface area (Å²) in [5, 5.41) is 2.77. The van der Waals surface area contributed by atoms with Crippen molar-refractivity contribution in [2.24, 2.45) is 11.7 Å². The van der Waals surface area contributed by atoms with E-state index in [0.717, 1.165) is 25.9 Å². The van der Waals surface area contributed by atoms with Crippen LogP contribution in [0.4, 0.5) is 5.69 Å². The third-order valence-corrected chi connectivity index (χ3v) is 3.81. The van der Waals surface area contributed by atoms with Gasteiger partial charge < -0.3 is 16.0 Å². The Balaban J connectivity index is 0.00000242. The van der Waals surface area contributed by atoms with Crippen LogP contribution in [0, 0.1) is 5.92 Å². The first-order chi connectivity index (χ1) is 9.99. The highest BCUT2D eigenvalue weighted by Gasteiger charge is 2.20. The van der Waals surface area contributed by atoms with Gasteiger partial charge in [-0.2, -0.15) is 0 Å². The van der Waals surface area contributed by atoms with E-state index in [2.05, 4.69) is 5.32 Å². The highest BCUT2D eigenvalue weighted by atomic mass is 35.5. The Hall–Kier alpha value is -1.59. The molecule has 1 aliphatic rings. The lowest BCUT2D eigenvalue weighted by atomic mass is 10.0. The van der Waals surface area contributed by atoms with Gasteiger partial charge in [-0.05, 0) is 43.0 Å². The third-order valence-electron chi connectivity index (χ3n) is 3.81. The summed E-state index contributed by atoms with van der Waals surface area (Å²) in [6.07, 6.45) is 2.15. The monoisotopic (exact) mass is 325 g/mol. The highest BCUT2D eigenvalue weighted by molar-refractivity contribution is 5.97. The minimum Gasteiger partial charge on any atom is -0.339 e. The number of anilines is 1. The Labute approximate surface area is 137 Å². The number of carbonyl (C=O) groups is 2. The summed E-state index contributed by atoms with van der Waals surface area (Å²) in [6, 6.07) is 6.45. The first kappa shape index (κ1) is 18.5. The van der Waals surface area contributed by atoms with Crippen molar-refractivity contribution in [2.75, 3.05) is 18.4 Å². The SMILES string of the molecule is CC(C)[C@@H](N)C(=O)Nc1ccc(C(=O)N2CCCC2)cc1.Cl. The molecule has 1 heterocycles. The van der Waals surface area contributed by atoms with Crippen LogP contribution < -0.4 is 11.1 Å². The third kappa shape index (κ3) is 4.45. The Morgan fingerprint density at radius 2 is 1.68 bits per heavy atom. The van der Waals surface area contributed by atoms with Crippen LogP contribution in [0.15, 0.2) is 24.3 Å². The first-order valence-corrected chi connectivity index (χ1v) is 7.45. The molecule has 2 amide bonds. The maximum Gasteiger partial charge on any atom is 0.253 e. The van der Waals surface area contributed by atoms with E-state index in [-0.39, 0.29) is 30.1 Å². The quantitative estimate of drug-likeness (QED) is 0.891. The lowest BCUT2D eigenvalue weighted by molar-refractivity contribution is -0.118. The van der Waals surface area contributed by atoms with Crippen LogP contribution in [-0.4, -0.2) is 35.8 Å². The molecule has 1 atom stereocenters. The van der Waals surface area contributed by atoms with Crippen molar-refractivity contribution in [2.45, 2.75) is 32.7 Å². The number of nitrogens with two attached hydrogens (primary N) is 1. The zero-order chi connectivity index (χ0) is 15.4. The van der Waals surface area contributed by atoms with Crippen molar-refractivity contribution < 1.29 is 9.59 Å². The number of rotatable bonds is 4. The predicted octanol–water partition coefficient (Wildman–Crippen LogP) is 2.27. The average Bonchev–Trinajstić information content (AvgIpc) is 3.00. The summed E-state index contributed by atoms with van der Waals surface area (Å²) in [6.45, 7) is 5.48. The number of hydrogen-bond acceptors (Lipinski definition) is 3. The molecule has 1 aliphatic heterocycles. The van der Waals surface area contributed by atoms with Gasteiger partial charge in [0.2, 0.25) is 5.91 Å². The molecule has 22 heavy (non-hydrogen) atoms. The molecule has 0 saturated carbocycles. The first-order valence-electron chi connectivity index (χ1n) is 7.45. The van der Waals surface area contributed by atoms with Crippen molar-refractivity contribution in [3.63, 3.8) is 0 Å². The largest absolute Gasteiger partial charge is 0.339 e. The molecule has 0 aromatic heterocycles. The summed E-state index contributed by atoms with van der Waals surface area (Å²) in [4.78, 5) is 25.9. The molecule has 0 spiro atoms. The standard InChI is InChI=1S/C16H23N3O2.ClH/c1-11(2)14(17)15(20)18-13-7-5-12(6-8-13)16(21)19-9-3-4-10-19;/h5-8,11,14H,3-4,9-10,17H2,1-2H3,(H,18,20);1H/t14-;/m1./s1. The van der Waals surface area contributed by atoms with E-state index >= 15 is 0 Å². The fourth-order valence-electron chi connectivity index (χ4n) is 2.33.